The first-order chi connectivity index (χ1) is 12.7. The van der Waals surface area contributed by atoms with Crippen molar-refractivity contribution in [1.29, 1.82) is 0 Å². The van der Waals surface area contributed by atoms with Gasteiger partial charge < -0.3 is 10.2 Å². The summed E-state index contributed by atoms with van der Waals surface area (Å²) in [6, 6.07) is 13.3. The number of carbonyl (C=O) groups excluding carboxylic acids is 1. The fourth-order valence-corrected chi connectivity index (χ4v) is 4.51. The summed E-state index contributed by atoms with van der Waals surface area (Å²) < 4.78 is 0. The highest BCUT2D eigenvalue weighted by molar-refractivity contribution is 7.12. The normalized spacial score (nSPS) is 18.8. The molecule has 1 aliphatic heterocycles. The van der Waals surface area contributed by atoms with Crippen LogP contribution < -0.4 is 5.32 Å². The van der Waals surface area contributed by atoms with Crippen LogP contribution in [0.1, 0.15) is 40.2 Å². The van der Waals surface area contributed by atoms with Gasteiger partial charge in [0.15, 0.2) is 0 Å². The first-order valence-corrected chi connectivity index (χ1v) is 10.4. The molecule has 1 fully saturated rings. The quantitative estimate of drug-likeness (QED) is 0.758. The van der Waals surface area contributed by atoms with E-state index in [1.54, 1.807) is 0 Å². The number of hydrogen-bond acceptors (Lipinski definition) is 4. The summed E-state index contributed by atoms with van der Waals surface area (Å²) in [5.41, 5.74) is 2.53. The number of hydrogen-bond donors (Lipinski definition) is 1. The van der Waals surface area contributed by atoms with Crippen molar-refractivity contribution in [3.05, 3.63) is 57.8 Å². The van der Waals surface area contributed by atoms with Crippen molar-refractivity contribution < 1.29 is 4.79 Å². The van der Waals surface area contributed by atoms with Crippen LogP contribution in [0.4, 0.5) is 0 Å². The van der Waals surface area contributed by atoms with Gasteiger partial charge in [-0.1, -0.05) is 37.3 Å². The fraction of sp³-hybridized carbons (Fsp3) is 0.476. The number of benzene rings is 1. The summed E-state index contributed by atoms with van der Waals surface area (Å²) in [5, 5.41) is 5.10. The van der Waals surface area contributed by atoms with Crippen LogP contribution in [0.3, 0.4) is 0 Å². The molecule has 4 nitrogen and oxygen atoms in total. The van der Waals surface area contributed by atoms with Crippen LogP contribution in [0, 0.1) is 0 Å². The smallest absolute Gasteiger partial charge is 0.261 e. The molecule has 1 aliphatic rings. The average molecular weight is 372 g/mol. The zero-order valence-corrected chi connectivity index (χ0v) is 16.6. The minimum atomic E-state index is 0.0786. The maximum absolute atomic E-state index is 12.3. The molecule has 1 saturated heterocycles. The SMILES string of the molecule is CCc1ccsc1C(=O)NCCCN1CCN(C)C[C@H]1c1ccccc1. The first kappa shape index (κ1) is 19.1. The molecule has 1 amide bonds. The number of rotatable bonds is 7. The highest BCUT2D eigenvalue weighted by Crippen LogP contribution is 2.24. The molecule has 0 aliphatic carbocycles. The maximum Gasteiger partial charge on any atom is 0.261 e. The standard InChI is InChI=1S/C21H29N3OS/c1-3-17-10-15-26-20(17)21(25)22-11-7-12-24-14-13-23(2)16-19(24)18-8-5-4-6-9-18/h4-6,8-10,15,19H,3,7,11-14,16H2,1-2H3,(H,22,25)/t19-/m0/s1. The third kappa shape index (κ3) is 4.72. The van der Waals surface area contributed by atoms with Crippen LogP contribution in [0.2, 0.25) is 0 Å². The van der Waals surface area contributed by atoms with E-state index >= 15 is 0 Å². The lowest BCUT2D eigenvalue weighted by atomic mass is 10.0. The van der Waals surface area contributed by atoms with E-state index < -0.39 is 0 Å². The Bertz CT molecular complexity index is 700. The Labute approximate surface area is 160 Å². The molecule has 0 bridgehead atoms. The second kappa shape index (κ2) is 9.31. The predicted molar refractivity (Wildman–Crippen MR) is 109 cm³/mol. The van der Waals surface area contributed by atoms with E-state index in [4.69, 9.17) is 0 Å². The molecule has 0 saturated carbocycles. The van der Waals surface area contributed by atoms with Crippen LogP contribution in [0.5, 0.6) is 0 Å². The Balaban J connectivity index is 1.51. The van der Waals surface area contributed by atoms with Crippen LogP contribution in [0.15, 0.2) is 41.8 Å². The number of thiophene rings is 1. The molecule has 1 aromatic heterocycles. The molecule has 0 spiro atoms. The molecular weight excluding hydrogens is 342 g/mol. The first-order valence-electron chi connectivity index (χ1n) is 9.51. The maximum atomic E-state index is 12.3. The second-order valence-electron chi connectivity index (χ2n) is 6.96. The van der Waals surface area contributed by atoms with Crippen LogP contribution in [-0.4, -0.2) is 55.5 Å². The van der Waals surface area contributed by atoms with Crippen molar-refractivity contribution in [3.8, 4) is 0 Å². The van der Waals surface area contributed by atoms with Gasteiger partial charge in [0.05, 0.1) is 4.88 Å². The number of aryl methyl sites for hydroxylation is 1. The van der Waals surface area contributed by atoms with Crippen LogP contribution >= 0.6 is 11.3 Å². The third-order valence-electron chi connectivity index (χ3n) is 5.12. The van der Waals surface area contributed by atoms with Gasteiger partial charge in [-0.2, -0.15) is 0 Å². The molecule has 0 radical (unpaired) electrons. The fourth-order valence-electron chi connectivity index (χ4n) is 3.59. The van der Waals surface area contributed by atoms with Gasteiger partial charge in [-0.05, 0) is 42.5 Å². The Morgan fingerprint density at radius 2 is 2.04 bits per heavy atom. The topological polar surface area (TPSA) is 35.6 Å². The molecule has 1 aromatic carbocycles. The predicted octanol–water partition coefficient (Wildman–Crippen LogP) is 3.42. The van der Waals surface area contributed by atoms with Gasteiger partial charge in [0.2, 0.25) is 0 Å². The summed E-state index contributed by atoms with van der Waals surface area (Å²) in [7, 11) is 2.19. The molecule has 0 unspecified atom stereocenters. The molecule has 5 heteroatoms. The van der Waals surface area contributed by atoms with Crippen molar-refractivity contribution in [2.75, 3.05) is 39.8 Å². The van der Waals surface area contributed by atoms with E-state index in [-0.39, 0.29) is 5.91 Å². The summed E-state index contributed by atoms with van der Waals surface area (Å²) in [4.78, 5) is 18.2. The zero-order valence-electron chi connectivity index (χ0n) is 15.8. The van der Waals surface area contributed by atoms with E-state index in [0.717, 1.165) is 56.0 Å². The van der Waals surface area contributed by atoms with Crippen LogP contribution in [0.25, 0.3) is 0 Å². The van der Waals surface area contributed by atoms with Gasteiger partial charge in [0.25, 0.3) is 5.91 Å². The van der Waals surface area contributed by atoms with Gasteiger partial charge in [-0.25, -0.2) is 0 Å². The molecule has 1 atom stereocenters. The monoisotopic (exact) mass is 371 g/mol. The summed E-state index contributed by atoms with van der Waals surface area (Å²) in [5.74, 6) is 0.0786. The number of likely N-dealkylation sites (N-methyl/N-ethyl adjacent to an activating group) is 1. The van der Waals surface area contributed by atoms with Crippen LogP contribution in [-0.2, 0) is 6.42 Å². The van der Waals surface area contributed by atoms with Crippen molar-refractivity contribution in [1.82, 2.24) is 15.1 Å². The second-order valence-corrected chi connectivity index (χ2v) is 7.88. The zero-order chi connectivity index (χ0) is 18.4. The van der Waals surface area contributed by atoms with E-state index in [0.29, 0.717) is 6.04 Å². The van der Waals surface area contributed by atoms with E-state index in [1.165, 1.54) is 16.9 Å². The van der Waals surface area contributed by atoms with Crippen molar-refractivity contribution >= 4 is 17.2 Å². The number of nitrogens with zero attached hydrogens (tertiary/aromatic N) is 2. The van der Waals surface area contributed by atoms with E-state index in [9.17, 15) is 4.79 Å². The molecule has 26 heavy (non-hydrogen) atoms. The number of piperazine rings is 1. The average Bonchev–Trinajstić information content (AvgIpc) is 3.15. The third-order valence-corrected chi connectivity index (χ3v) is 6.08. The highest BCUT2D eigenvalue weighted by Gasteiger charge is 2.26. The van der Waals surface area contributed by atoms with Gasteiger partial charge >= 0.3 is 0 Å². The van der Waals surface area contributed by atoms with E-state index in [1.807, 2.05) is 11.4 Å². The van der Waals surface area contributed by atoms with Crippen molar-refractivity contribution in [2.45, 2.75) is 25.8 Å². The largest absolute Gasteiger partial charge is 0.351 e. The number of nitrogens with one attached hydrogen (secondary N) is 1. The Morgan fingerprint density at radius 3 is 2.81 bits per heavy atom. The minimum absolute atomic E-state index is 0.0786. The summed E-state index contributed by atoms with van der Waals surface area (Å²) in [6.45, 7) is 7.08. The highest BCUT2D eigenvalue weighted by atomic mass is 32.1. The lowest BCUT2D eigenvalue weighted by molar-refractivity contribution is 0.0866. The van der Waals surface area contributed by atoms with Gasteiger partial charge in [0, 0.05) is 38.8 Å². The summed E-state index contributed by atoms with van der Waals surface area (Å²) >= 11 is 1.54. The lowest BCUT2D eigenvalue weighted by Crippen LogP contribution is -2.47. The molecule has 2 aromatic rings. The number of amides is 1. The van der Waals surface area contributed by atoms with Gasteiger partial charge in [-0.3, -0.25) is 9.69 Å². The van der Waals surface area contributed by atoms with Gasteiger partial charge in [-0.15, -0.1) is 11.3 Å². The van der Waals surface area contributed by atoms with Crippen molar-refractivity contribution in [2.24, 2.45) is 0 Å². The molecule has 1 N–H and O–H groups in total. The molecule has 2 heterocycles. The van der Waals surface area contributed by atoms with Crippen molar-refractivity contribution in [3.63, 3.8) is 0 Å². The summed E-state index contributed by atoms with van der Waals surface area (Å²) in [6.07, 6.45) is 1.89. The Morgan fingerprint density at radius 1 is 1.23 bits per heavy atom. The van der Waals surface area contributed by atoms with E-state index in [2.05, 4.69) is 59.4 Å². The number of carbonyl (C=O) groups is 1. The molecular formula is C21H29N3OS. The Hall–Kier alpha value is -1.69. The lowest BCUT2D eigenvalue weighted by Gasteiger charge is -2.40. The Kier molecular flexibility index (Phi) is 6.83. The molecule has 140 valence electrons. The van der Waals surface area contributed by atoms with Gasteiger partial charge in [0.1, 0.15) is 0 Å². The minimum Gasteiger partial charge on any atom is -0.351 e. The molecule has 3 rings (SSSR count).